The Labute approximate surface area is 190 Å². The average molecular weight is 426 g/mol. The molecule has 2 N–H and O–H groups in total. The molecule has 4 aromatic rings. The second kappa shape index (κ2) is 8.79. The van der Waals surface area contributed by atoms with E-state index >= 15 is 0 Å². The molecule has 164 valence electrons. The minimum absolute atomic E-state index is 0.513. The van der Waals surface area contributed by atoms with E-state index in [0.29, 0.717) is 11.5 Å². The lowest BCUT2D eigenvalue weighted by Gasteiger charge is -2.34. The summed E-state index contributed by atoms with van der Waals surface area (Å²) in [5, 5.41) is 3.73. The quantitative estimate of drug-likeness (QED) is 0.347. The van der Waals surface area contributed by atoms with Gasteiger partial charge in [-0.15, -0.1) is 0 Å². The molecule has 0 bridgehead atoms. The molecule has 0 radical (unpaired) electrons. The molecule has 1 aromatic heterocycles. The first kappa shape index (κ1) is 20.8. The molecule has 1 fully saturated rings. The number of hydrogen-bond acceptors (Lipinski definition) is 3. The van der Waals surface area contributed by atoms with Crippen molar-refractivity contribution in [3.05, 3.63) is 78.4 Å². The Hall–Kier alpha value is -3.11. The second-order valence-electron chi connectivity index (χ2n) is 9.70. The fourth-order valence-corrected chi connectivity index (χ4v) is 4.46. The number of aromatic nitrogens is 2. The van der Waals surface area contributed by atoms with Gasteiger partial charge in [-0.3, -0.25) is 0 Å². The zero-order valence-electron chi connectivity index (χ0n) is 18.9. The molecule has 0 aliphatic heterocycles. The third-order valence-corrected chi connectivity index (χ3v) is 6.59. The van der Waals surface area contributed by atoms with Crippen LogP contribution in [0.1, 0.15) is 45.1 Å². The van der Waals surface area contributed by atoms with Gasteiger partial charge >= 0.3 is 0 Å². The number of fused-ring (bicyclic) bond motifs is 1. The summed E-state index contributed by atoms with van der Waals surface area (Å²) in [7, 11) is 0. The van der Waals surface area contributed by atoms with Gasteiger partial charge in [-0.1, -0.05) is 56.3 Å². The molecular formula is C28H31N3O. The Morgan fingerprint density at radius 3 is 2.41 bits per heavy atom. The van der Waals surface area contributed by atoms with Crippen molar-refractivity contribution in [2.75, 3.05) is 0 Å². The standard InChI is InChI=1S/C28H31N3O/c1-28(2)16-14-22(15-17-28)29-19-20-8-10-23(11-9-20)32-24-12-13-25-26(18-24)31-27(30-25)21-6-4-3-5-7-21/h3-13,18,22,29H,14-17,19H2,1-2H3,(H,30,31). The molecule has 1 aliphatic rings. The topological polar surface area (TPSA) is 49.9 Å². The van der Waals surface area contributed by atoms with Crippen molar-refractivity contribution in [1.29, 1.82) is 0 Å². The summed E-state index contributed by atoms with van der Waals surface area (Å²) in [6.45, 7) is 5.68. The molecule has 1 heterocycles. The maximum absolute atomic E-state index is 6.11. The maximum atomic E-state index is 6.11. The number of ether oxygens (including phenoxy) is 1. The summed E-state index contributed by atoms with van der Waals surface area (Å²) in [4.78, 5) is 8.09. The Balaban J connectivity index is 1.20. The van der Waals surface area contributed by atoms with Crippen LogP contribution in [0.15, 0.2) is 72.8 Å². The summed E-state index contributed by atoms with van der Waals surface area (Å²) in [6, 6.07) is 25.2. The van der Waals surface area contributed by atoms with E-state index in [9.17, 15) is 0 Å². The molecular weight excluding hydrogens is 394 g/mol. The van der Waals surface area contributed by atoms with Crippen molar-refractivity contribution < 1.29 is 4.74 Å². The lowest BCUT2D eigenvalue weighted by molar-refractivity contribution is 0.206. The smallest absolute Gasteiger partial charge is 0.138 e. The number of H-pyrrole nitrogens is 1. The highest BCUT2D eigenvalue weighted by Gasteiger charge is 2.26. The molecule has 0 saturated heterocycles. The van der Waals surface area contributed by atoms with E-state index in [1.54, 1.807) is 0 Å². The van der Waals surface area contributed by atoms with Crippen molar-refractivity contribution in [1.82, 2.24) is 15.3 Å². The van der Waals surface area contributed by atoms with Gasteiger partial charge in [-0.2, -0.15) is 0 Å². The van der Waals surface area contributed by atoms with Gasteiger partial charge in [0.05, 0.1) is 11.0 Å². The number of hydrogen-bond donors (Lipinski definition) is 2. The molecule has 0 unspecified atom stereocenters. The van der Waals surface area contributed by atoms with Gasteiger partial charge in [0.15, 0.2) is 0 Å². The normalized spacial score (nSPS) is 16.3. The maximum Gasteiger partial charge on any atom is 0.138 e. The van der Waals surface area contributed by atoms with Crippen molar-refractivity contribution in [3.8, 4) is 22.9 Å². The highest BCUT2D eigenvalue weighted by molar-refractivity contribution is 5.80. The van der Waals surface area contributed by atoms with E-state index in [0.717, 1.165) is 40.5 Å². The van der Waals surface area contributed by atoms with Gasteiger partial charge in [0.25, 0.3) is 0 Å². The Bertz CT molecular complexity index is 1170. The van der Waals surface area contributed by atoms with Crippen molar-refractivity contribution >= 4 is 11.0 Å². The zero-order valence-corrected chi connectivity index (χ0v) is 18.9. The minimum atomic E-state index is 0.513. The Morgan fingerprint density at radius 1 is 0.938 bits per heavy atom. The van der Waals surface area contributed by atoms with Gasteiger partial charge in [0.2, 0.25) is 0 Å². The summed E-state index contributed by atoms with van der Waals surface area (Å²) in [5.41, 5.74) is 4.78. The number of nitrogens with zero attached hydrogens (tertiary/aromatic N) is 1. The van der Waals surface area contributed by atoms with Crippen molar-refractivity contribution in [3.63, 3.8) is 0 Å². The summed E-state index contributed by atoms with van der Waals surface area (Å²) >= 11 is 0. The van der Waals surface area contributed by atoms with Crippen LogP contribution in [0.25, 0.3) is 22.4 Å². The summed E-state index contributed by atoms with van der Waals surface area (Å²) < 4.78 is 6.11. The highest BCUT2D eigenvalue weighted by atomic mass is 16.5. The molecule has 5 rings (SSSR count). The van der Waals surface area contributed by atoms with E-state index in [1.165, 1.54) is 31.2 Å². The van der Waals surface area contributed by atoms with Crippen LogP contribution in [0.3, 0.4) is 0 Å². The number of aromatic amines is 1. The fourth-order valence-electron chi connectivity index (χ4n) is 4.46. The van der Waals surface area contributed by atoms with E-state index < -0.39 is 0 Å². The monoisotopic (exact) mass is 425 g/mol. The molecule has 0 atom stereocenters. The molecule has 3 aromatic carbocycles. The van der Waals surface area contributed by atoms with E-state index in [-0.39, 0.29) is 0 Å². The van der Waals surface area contributed by atoms with E-state index in [4.69, 9.17) is 9.72 Å². The van der Waals surface area contributed by atoms with Gasteiger partial charge in [0.1, 0.15) is 17.3 Å². The van der Waals surface area contributed by atoms with Crippen LogP contribution in [0.4, 0.5) is 0 Å². The first-order valence-electron chi connectivity index (χ1n) is 11.6. The van der Waals surface area contributed by atoms with Gasteiger partial charge < -0.3 is 15.0 Å². The lowest BCUT2D eigenvalue weighted by Crippen LogP contribution is -2.35. The summed E-state index contributed by atoms with van der Waals surface area (Å²) in [6.07, 6.45) is 5.17. The van der Waals surface area contributed by atoms with Gasteiger partial charge in [0, 0.05) is 24.2 Å². The molecule has 0 amide bonds. The first-order chi connectivity index (χ1) is 15.5. The molecule has 32 heavy (non-hydrogen) atoms. The average Bonchev–Trinajstić information content (AvgIpc) is 3.23. The SMILES string of the molecule is CC1(C)CCC(NCc2ccc(Oc3ccc4nc(-c5ccccc5)[nH]c4c3)cc2)CC1. The van der Waals surface area contributed by atoms with Crippen molar-refractivity contribution in [2.45, 2.75) is 52.1 Å². The number of imidazole rings is 1. The molecule has 4 nitrogen and oxygen atoms in total. The highest BCUT2D eigenvalue weighted by Crippen LogP contribution is 2.35. The largest absolute Gasteiger partial charge is 0.457 e. The van der Waals surface area contributed by atoms with Crippen LogP contribution < -0.4 is 10.1 Å². The second-order valence-corrected chi connectivity index (χ2v) is 9.70. The molecule has 1 aliphatic carbocycles. The molecule has 4 heteroatoms. The Morgan fingerprint density at radius 2 is 1.66 bits per heavy atom. The number of nitrogens with one attached hydrogen (secondary N) is 2. The van der Waals surface area contributed by atoms with Gasteiger partial charge in [-0.25, -0.2) is 4.98 Å². The first-order valence-corrected chi connectivity index (χ1v) is 11.6. The Kier molecular flexibility index (Phi) is 5.71. The zero-order chi connectivity index (χ0) is 22.0. The van der Waals surface area contributed by atoms with E-state index in [1.807, 2.05) is 48.5 Å². The molecule has 1 saturated carbocycles. The predicted octanol–water partition coefficient (Wildman–Crippen LogP) is 7.08. The van der Waals surface area contributed by atoms with Crippen LogP contribution in [0.2, 0.25) is 0 Å². The third kappa shape index (κ3) is 4.86. The van der Waals surface area contributed by atoms with Crippen LogP contribution in [-0.2, 0) is 6.54 Å². The minimum Gasteiger partial charge on any atom is -0.457 e. The van der Waals surface area contributed by atoms with Crippen LogP contribution in [0, 0.1) is 5.41 Å². The number of benzene rings is 3. The van der Waals surface area contributed by atoms with Crippen LogP contribution in [-0.4, -0.2) is 16.0 Å². The number of rotatable bonds is 6. The van der Waals surface area contributed by atoms with E-state index in [2.05, 4.69) is 48.4 Å². The van der Waals surface area contributed by atoms with Crippen LogP contribution in [0.5, 0.6) is 11.5 Å². The van der Waals surface area contributed by atoms with Crippen LogP contribution >= 0.6 is 0 Å². The van der Waals surface area contributed by atoms with Gasteiger partial charge in [-0.05, 0) is 60.9 Å². The molecule has 0 spiro atoms. The van der Waals surface area contributed by atoms with Crippen molar-refractivity contribution in [2.24, 2.45) is 5.41 Å². The fraction of sp³-hybridized carbons (Fsp3) is 0.321. The lowest BCUT2D eigenvalue weighted by atomic mass is 9.75. The predicted molar refractivity (Wildman–Crippen MR) is 131 cm³/mol. The summed E-state index contributed by atoms with van der Waals surface area (Å²) in [5.74, 6) is 2.52. The third-order valence-electron chi connectivity index (χ3n) is 6.59.